The molecule has 0 aliphatic heterocycles. The number of aryl methyl sites for hydroxylation is 2. The molecule has 1 amide bonds. The van der Waals surface area contributed by atoms with Gasteiger partial charge in [0.15, 0.2) is 11.5 Å². The van der Waals surface area contributed by atoms with Crippen LogP contribution < -0.4 is 25.2 Å². The van der Waals surface area contributed by atoms with Crippen molar-refractivity contribution in [1.82, 2.24) is 0 Å². The van der Waals surface area contributed by atoms with Gasteiger partial charge in [-0.1, -0.05) is 0 Å². The molecule has 0 radical (unpaired) electrons. The van der Waals surface area contributed by atoms with Crippen LogP contribution in [0.3, 0.4) is 0 Å². The third-order valence-electron chi connectivity index (χ3n) is 5.46. The van der Waals surface area contributed by atoms with E-state index in [9.17, 15) is 9.59 Å². The summed E-state index contributed by atoms with van der Waals surface area (Å²) in [5, 5.41) is 4.47. The molecule has 0 aliphatic rings. The Kier molecular flexibility index (Phi) is 5.52. The van der Waals surface area contributed by atoms with E-state index >= 15 is 0 Å². The second kappa shape index (κ2) is 8.30. The van der Waals surface area contributed by atoms with Gasteiger partial charge in [-0.15, -0.1) is 0 Å². The van der Waals surface area contributed by atoms with Crippen molar-refractivity contribution < 1.29 is 27.8 Å². The first-order valence-electron chi connectivity index (χ1n) is 9.90. The predicted octanol–water partition coefficient (Wildman–Crippen LogP) is 4.36. The van der Waals surface area contributed by atoms with Crippen molar-refractivity contribution in [1.29, 1.82) is 0 Å². The van der Waals surface area contributed by atoms with Gasteiger partial charge in [0.25, 0.3) is 0 Å². The molecule has 0 spiro atoms. The Bertz CT molecular complexity index is 1370. The second-order valence-electron chi connectivity index (χ2n) is 7.40. The molecular formula is C24H23NO7. The van der Waals surface area contributed by atoms with Gasteiger partial charge in [-0.3, -0.25) is 4.79 Å². The molecule has 0 atom stereocenters. The number of carbonyl (C=O) groups excluding carboxylic acids is 1. The van der Waals surface area contributed by atoms with Gasteiger partial charge in [0.1, 0.15) is 11.2 Å². The van der Waals surface area contributed by atoms with Gasteiger partial charge < -0.3 is 28.4 Å². The van der Waals surface area contributed by atoms with Crippen LogP contribution in [0.5, 0.6) is 17.2 Å². The van der Waals surface area contributed by atoms with Crippen LogP contribution in [-0.2, 0) is 11.2 Å². The topological polar surface area (TPSA) is 100 Å². The lowest BCUT2D eigenvalue weighted by atomic mass is 10.0. The first-order valence-corrected chi connectivity index (χ1v) is 9.90. The molecule has 2 aromatic carbocycles. The third-order valence-corrected chi connectivity index (χ3v) is 5.46. The average molecular weight is 437 g/mol. The van der Waals surface area contributed by atoms with Crippen LogP contribution in [0.25, 0.3) is 21.9 Å². The zero-order valence-electron chi connectivity index (χ0n) is 18.5. The molecule has 4 rings (SSSR count). The number of hydrogen-bond acceptors (Lipinski definition) is 7. The summed E-state index contributed by atoms with van der Waals surface area (Å²) in [6, 6.07) is 6.86. The maximum atomic E-state index is 12.8. The summed E-state index contributed by atoms with van der Waals surface area (Å²) in [5.41, 5.74) is 2.92. The maximum Gasteiger partial charge on any atom is 0.340 e. The quantitative estimate of drug-likeness (QED) is 0.447. The summed E-state index contributed by atoms with van der Waals surface area (Å²) >= 11 is 0. The molecule has 166 valence electrons. The van der Waals surface area contributed by atoms with Gasteiger partial charge in [0.05, 0.1) is 39.6 Å². The van der Waals surface area contributed by atoms with Crippen molar-refractivity contribution in [2.24, 2.45) is 0 Å². The highest BCUT2D eigenvalue weighted by molar-refractivity contribution is 5.98. The third kappa shape index (κ3) is 3.64. The van der Waals surface area contributed by atoms with E-state index < -0.39 is 5.63 Å². The summed E-state index contributed by atoms with van der Waals surface area (Å²) in [7, 11) is 4.48. The van der Waals surface area contributed by atoms with Crippen molar-refractivity contribution >= 4 is 33.5 Å². The lowest BCUT2D eigenvalue weighted by Crippen LogP contribution is -2.20. The molecule has 8 nitrogen and oxygen atoms in total. The van der Waals surface area contributed by atoms with Gasteiger partial charge in [-0.05, 0) is 31.0 Å². The van der Waals surface area contributed by atoms with Crippen molar-refractivity contribution in [2.75, 3.05) is 26.6 Å². The Morgan fingerprint density at radius 3 is 2.25 bits per heavy atom. The first kappa shape index (κ1) is 21.3. The SMILES string of the molecule is COc1cc(NC(=O)Cc2c(C)c3cc4c(C)coc4cc3oc2=O)cc(OC)c1OC. The van der Waals surface area contributed by atoms with Gasteiger partial charge in [-0.25, -0.2) is 4.79 Å². The Balaban J connectivity index is 1.67. The summed E-state index contributed by atoms with van der Waals surface area (Å²) < 4.78 is 26.9. The molecule has 32 heavy (non-hydrogen) atoms. The van der Waals surface area contributed by atoms with Crippen molar-refractivity contribution in [3.63, 3.8) is 0 Å². The summed E-state index contributed by atoms with van der Waals surface area (Å²) in [5.74, 6) is 0.848. The fourth-order valence-electron chi connectivity index (χ4n) is 3.76. The van der Waals surface area contributed by atoms with Crippen molar-refractivity contribution in [2.45, 2.75) is 20.3 Å². The van der Waals surface area contributed by atoms with Crippen molar-refractivity contribution in [3.05, 3.63) is 57.6 Å². The number of carbonyl (C=O) groups is 1. The molecule has 2 aromatic heterocycles. The Labute approximate surface area is 183 Å². The van der Waals surface area contributed by atoms with Gasteiger partial charge in [0.2, 0.25) is 11.7 Å². The number of hydrogen-bond donors (Lipinski definition) is 1. The Hall–Kier alpha value is -3.94. The summed E-state index contributed by atoms with van der Waals surface area (Å²) in [4.78, 5) is 25.4. The molecule has 0 unspecified atom stereocenters. The molecule has 0 fully saturated rings. The van der Waals surface area contributed by atoms with E-state index in [-0.39, 0.29) is 12.3 Å². The number of benzene rings is 2. The van der Waals surface area contributed by atoms with Gasteiger partial charge in [0, 0.05) is 34.7 Å². The molecular weight excluding hydrogens is 414 g/mol. The van der Waals surface area contributed by atoms with E-state index in [0.717, 1.165) is 16.3 Å². The number of furan rings is 1. The fourth-order valence-corrected chi connectivity index (χ4v) is 3.76. The van der Waals surface area contributed by atoms with E-state index in [4.69, 9.17) is 23.0 Å². The minimum absolute atomic E-state index is 0.150. The minimum Gasteiger partial charge on any atom is -0.493 e. The van der Waals surface area contributed by atoms with E-state index in [0.29, 0.717) is 45.2 Å². The molecule has 0 aliphatic carbocycles. The largest absolute Gasteiger partial charge is 0.493 e. The summed E-state index contributed by atoms with van der Waals surface area (Å²) in [6.07, 6.45) is 1.51. The Morgan fingerprint density at radius 2 is 1.62 bits per heavy atom. The summed E-state index contributed by atoms with van der Waals surface area (Å²) in [6.45, 7) is 3.75. The second-order valence-corrected chi connectivity index (χ2v) is 7.40. The number of methoxy groups -OCH3 is 3. The van der Waals surface area contributed by atoms with Crippen molar-refractivity contribution in [3.8, 4) is 17.2 Å². The van der Waals surface area contributed by atoms with Crippen LogP contribution in [-0.4, -0.2) is 27.2 Å². The molecule has 2 heterocycles. The molecule has 0 saturated carbocycles. The Morgan fingerprint density at radius 1 is 0.938 bits per heavy atom. The molecule has 1 N–H and O–H groups in total. The van der Waals surface area contributed by atoms with Crippen LogP contribution >= 0.6 is 0 Å². The number of fused-ring (bicyclic) bond motifs is 2. The lowest BCUT2D eigenvalue weighted by Gasteiger charge is -2.15. The number of anilines is 1. The number of ether oxygens (including phenoxy) is 3. The monoisotopic (exact) mass is 437 g/mol. The predicted molar refractivity (Wildman–Crippen MR) is 120 cm³/mol. The first-order chi connectivity index (χ1) is 15.4. The standard InChI is InChI=1S/C24H23NO7/c1-12-11-31-18-10-19-16(8-15(12)18)13(2)17(24(27)32-19)9-22(26)25-14-6-20(28-3)23(30-5)21(7-14)29-4/h6-8,10-11H,9H2,1-5H3,(H,25,26). The van der Waals surface area contributed by atoms with Crippen LogP contribution in [0.2, 0.25) is 0 Å². The normalized spacial score (nSPS) is 11.0. The maximum absolute atomic E-state index is 12.8. The molecule has 8 heteroatoms. The van der Waals surface area contributed by atoms with Crippen LogP contribution in [0.4, 0.5) is 5.69 Å². The highest BCUT2D eigenvalue weighted by Gasteiger charge is 2.19. The van der Waals surface area contributed by atoms with E-state index in [2.05, 4.69) is 5.32 Å². The molecule has 4 aromatic rings. The molecule has 0 bridgehead atoms. The lowest BCUT2D eigenvalue weighted by molar-refractivity contribution is -0.115. The van der Waals surface area contributed by atoms with E-state index in [1.54, 1.807) is 24.5 Å². The molecule has 0 saturated heterocycles. The van der Waals surface area contributed by atoms with Crippen LogP contribution in [0.15, 0.2) is 44.2 Å². The number of nitrogens with one attached hydrogen (secondary N) is 1. The van der Waals surface area contributed by atoms with E-state index in [1.165, 1.54) is 21.3 Å². The van der Waals surface area contributed by atoms with Gasteiger partial charge >= 0.3 is 5.63 Å². The van der Waals surface area contributed by atoms with Gasteiger partial charge in [-0.2, -0.15) is 0 Å². The highest BCUT2D eigenvalue weighted by Crippen LogP contribution is 2.40. The fraction of sp³-hybridized carbons (Fsp3) is 0.250. The number of amides is 1. The average Bonchev–Trinajstić information content (AvgIpc) is 3.14. The zero-order valence-corrected chi connectivity index (χ0v) is 18.5. The highest BCUT2D eigenvalue weighted by atomic mass is 16.5. The minimum atomic E-state index is -0.558. The smallest absolute Gasteiger partial charge is 0.340 e. The zero-order chi connectivity index (χ0) is 23.0. The van der Waals surface area contributed by atoms with Crippen LogP contribution in [0.1, 0.15) is 16.7 Å². The van der Waals surface area contributed by atoms with Crippen LogP contribution in [0, 0.1) is 13.8 Å². The number of rotatable bonds is 6. The van der Waals surface area contributed by atoms with E-state index in [1.807, 2.05) is 19.9 Å².